The lowest BCUT2D eigenvalue weighted by molar-refractivity contribution is -0.286. The van der Waals surface area contributed by atoms with Crippen molar-refractivity contribution in [3.63, 3.8) is 0 Å². The minimum absolute atomic E-state index is 0.534. The lowest BCUT2D eigenvalue weighted by Gasteiger charge is -2.38. The zero-order chi connectivity index (χ0) is 9.30. The first-order valence-corrected chi connectivity index (χ1v) is 3.80. The third kappa shape index (κ3) is 1.60. The molecular formula is C7H14O5. The van der Waals surface area contributed by atoms with Crippen LogP contribution in [0.5, 0.6) is 0 Å². The van der Waals surface area contributed by atoms with Crippen LogP contribution in [0, 0.1) is 0 Å². The maximum Gasteiger partial charge on any atom is 0.186 e. The number of aliphatic hydroxyl groups is 3. The number of aliphatic hydroxyl groups excluding tert-OH is 3. The molecule has 5 atom stereocenters. The lowest BCUT2D eigenvalue weighted by atomic mass is 10.0. The van der Waals surface area contributed by atoms with Crippen molar-refractivity contribution in [3.05, 3.63) is 0 Å². The van der Waals surface area contributed by atoms with Crippen LogP contribution in [0.4, 0.5) is 0 Å². The molecular weight excluding hydrogens is 164 g/mol. The molecule has 0 aromatic heterocycles. The molecule has 0 bridgehead atoms. The van der Waals surface area contributed by atoms with E-state index in [0.717, 1.165) is 0 Å². The molecule has 1 aliphatic rings. The van der Waals surface area contributed by atoms with Crippen LogP contribution in [0.25, 0.3) is 0 Å². The highest BCUT2D eigenvalue weighted by atomic mass is 16.7. The van der Waals surface area contributed by atoms with Crippen molar-refractivity contribution in [3.8, 4) is 0 Å². The molecule has 0 amide bonds. The fraction of sp³-hybridized carbons (Fsp3) is 1.00. The van der Waals surface area contributed by atoms with Crippen LogP contribution in [0.3, 0.4) is 0 Å². The predicted octanol–water partition coefficient (Wildman–Crippen LogP) is -1.54. The fourth-order valence-corrected chi connectivity index (χ4v) is 1.21. The molecule has 1 rings (SSSR count). The van der Waals surface area contributed by atoms with Crippen molar-refractivity contribution in [1.29, 1.82) is 0 Å². The van der Waals surface area contributed by atoms with Gasteiger partial charge in [-0.05, 0) is 6.92 Å². The van der Waals surface area contributed by atoms with Gasteiger partial charge in [0.1, 0.15) is 18.3 Å². The molecule has 5 heteroatoms. The van der Waals surface area contributed by atoms with Crippen LogP contribution in [-0.2, 0) is 9.47 Å². The summed E-state index contributed by atoms with van der Waals surface area (Å²) in [6.45, 7) is 1.60. The number of hydrogen-bond donors (Lipinski definition) is 3. The Bertz CT molecular complexity index is 146. The zero-order valence-corrected chi connectivity index (χ0v) is 7.04. The highest BCUT2D eigenvalue weighted by Crippen LogP contribution is 2.20. The average molecular weight is 178 g/mol. The first kappa shape index (κ1) is 9.88. The molecule has 1 fully saturated rings. The normalized spacial score (nSPS) is 49.2. The fourth-order valence-electron chi connectivity index (χ4n) is 1.21. The van der Waals surface area contributed by atoms with Crippen molar-refractivity contribution in [2.75, 3.05) is 7.11 Å². The minimum Gasteiger partial charge on any atom is -0.388 e. The predicted molar refractivity (Wildman–Crippen MR) is 39.4 cm³/mol. The Morgan fingerprint density at radius 1 is 1.08 bits per heavy atom. The van der Waals surface area contributed by atoms with Gasteiger partial charge in [0.25, 0.3) is 0 Å². The molecule has 5 nitrogen and oxygen atoms in total. The minimum atomic E-state index is -1.21. The van der Waals surface area contributed by atoms with E-state index in [0.29, 0.717) is 0 Å². The Morgan fingerprint density at radius 3 is 2.17 bits per heavy atom. The smallest absolute Gasteiger partial charge is 0.186 e. The molecule has 1 heterocycles. The summed E-state index contributed by atoms with van der Waals surface area (Å²) in [6, 6.07) is 0. The summed E-state index contributed by atoms with van der Waals surface area (Å²) in [5.74, 6) is 0. The summed E-state index contributed by atoms with van der Waals surface area (Å²) >= 11 is 0. The van der Waals surface area contributed by atoms with E-state index in [1.165, 1.54) is 7.11 Å². The van der Waals surface area contributed by atoms with Crippen molar-refractivity contribution >= 4 is 0 Å². The van der Waals surface area contributed by atoms with Crippen LogP contribution in [0.1, 0.15) is 6.92 Å². The van der Waals surface area contributed by atoms with Gasteiger partial charge in [-0.3, -0.25) is 0 Å². The van der Waals surface area contributed by atoms with Gasteiger partial charge in [0.05, 0.1) is 6.10 Å². The van der Waals surface area contributed by atoms with E-state index in [-0.39, 0.29) is 0 Å². The van der Waals surface area contributed by atoms with Gasteiger partial charge in [-0.1, -0.05) is 0 Å². The first-order valence-electron chi connectivity index (χ1n) is 3.80. The van der Waals surface area contributed by atoms with Crippen molar-refractivity contribution in [2.24, 2.45) is 0 Å². The van der Waals surface area contributed by atoms with Gasteiger partial charge in [0, 0.05) is 7.11 Å². The molecule has 0 saturated carbocycles. The quantitative estimate of drug-likeness (QED) is 0.453. The Morgan fingerprint density at radius 2 is 1.67 bits per heavy atom. The molecule has 1 aliphatic heterocycles. The lowest BCUT2D eigenvalue weighted by Crippen LogP contribution is -2.57. The van der Waals surface area contributed by atoms with Gasteiger partial charge < -0.3 is 24.8 Å². The number of rotatable bonds is 1. The highest BCUT2D eigenvalue weighted by molar-refractivity contribution is 4.86. The van der Waals surface area contributed by atoms with Gasteiger partial charge in [-0.2, -0.15) is 0 Å². The SMILES string of the molecule is CO[C@@H]1O[C@@H](C)[C@@H](O)[C@H](O)[C@@H]1O. The summed E-state index contributed by atoms with van der Waals surface area (Å²) in [4.78, 5) is 0. The maximum atomic E-state index is 9.27. The molecule has 0 aromatic carbocycles. The van der Waals surface area contributed by atoms with E-state index < -0.39 is 30.7 Å². The molecule has 0 aromatic rings. The van der Waals surface area contributed by atoms with Gasteiger partial charge in [-0.25, -0.2) is 0 Å². The van der Waals surface area contributed by atoms with Gasteiger partial charge >= 0.3 is 0 Å². The maximum absolute atomic E-state index is 9.27. The van der Waals surface area contributed by atoms with Gasteiger partial charge in [-0.15, -0.1) is 0 Å². The molecule has 72 valence electrons. The van der Waals surface area contributed by atoms with E-state index in [9.17, 15) is 15.3 Å². The van der Waals surface area contributed by atoms with Crippen molar-refractivity contribution in [1.82, 2.24) is 0 Å². The molecule has 0 unspecified atom stereocenters. The monoisotopic (exact) mass is 178 g/mol. The summed E-state index contributed by atoms with van der Waals surface area (Å²) < 4.78 is 9.80. The van der Waals surface area contributed by atoms with Crippen molar-refractivity contribution < 1.29 is 24.8 Å². The van der Waals surface area contributed by atoms with Crippen LogP contribution < -0.4 is 0 Å². The second-order valence-electron chi connectivity index (χ2n) is 2.92. The molecule has 0 aliphatic carbocycles. The number of methoxy groups -OCH3 is 1. The average Bonchev–Trinajstić information content (AvgIpc) is 2.08. The molecule has 0 radical (unpaired) electrons. The van der Waals surface area contributed by atoms with Crippen LogP contribution in [-0.4, -0.2) is 53.1 Å². The second kappa shape index (κ2) is 3.68. The van der Waals surface area contributed by atoms with E-state index in [1.807, 2.05) is 0 Å². The van der Waals surface area contributed by atoms with Crippen molar-refractivity contribution in [2.45, 2.75) is 37.6 Å². The summed E-state index contributed by atoms with van der Waals surface area (Å²) in [7, 11) is 1.37. The third-order valence-corrected chi connectivity index (χ3v) is 2.04. The van der Waals surface area contributed by atoms with E-state index in [4.69, 9.17) is 9.47 Å². The van der Waals surface area contributed by atoms with E-state index in [1.54, 1.807) is 6.92 Å². The summed E-state index contributed by atoms with van der Waals surface area (Å²) in [6.07, 6.45) is -4.86. The molecule has 0 spiro atoms. The van der Waals surface area contributed by atoms with E-state index in [2.05, 4.69) is 0 Å². The zero-order valence-electron chi connectivity index (χ0n) is 7.04. The van der Waals surface area contributed by atoms with Crippen LogP contribution in [0.15, 0.2) is 0 Å². The van der Waals surface area contributed by atoms with Crippen LogP contribution >= 0.6 is 0 Å². The Hall–Kier alpha value is -0.200. The largest absolute Gasteiger partial charge is 0.388 e. The van der Waals surface area contributed by atoms with E-state index >= 15 is 0 Å². The highest BCUT2D eigenvalue weighted by Gasteiger charge is 2.41. The van der Waals surface area contributed by atoms with Gasteiger partial charge in [0.15, 0.2) is 6.29 Å². The number of ether oxygens (including phenoxy) is 2. The van der Waals surface area contributed by atoms with Gasteiger partial charge in [0.2, 0.25) is 0 Å². The Balaban J connectivity index is 2.63. The second-order valence-corrected chi connectivity index (χ2v) is 2.92. The molecule has 12 heavy (non-hydrogen) atoms. The molecule has 1 saturated heterocycles. The number of hydrogen-bond acceptors (Lipinski definition) is 5. The summed E-state index contributed by atoms with van der Waals surface area (Å²) in [5, 5.41) is 27.8. The summed E-state index contributed by atoms with van der Waals surface area (Å²) in [5.41, 5.74) is 0. The van der Waals surface area contributed by atoms with Crippen LogP contribution in [0.2, 0.25) is 0 Å². The Labute approximate surface area is 70.5 Å². The Kier molecular flexibility index (Phi) is 3.03. The standard InChI is InChI=1S/C7H14O5/c1-3-4(8)5(9)6(10)7(11-2)12-3/h3-10H,1-2H3/t3-,4+,5-,6-,7+/m0/s1. The topological polar surface area (TPSA) is 79.2 Å². The first-order chi connectivity index (χ1) is 5.57. The molecule has 3 N–H and O–H groups in total. The third-order valence-electron chi connectivity index (χ3n) is 2.04.